The highest BCUT2D eigenvalue weighted by atomic mass is 16.4. The van der Waals surface area contributed by atoms with E-state index >= 15 is 0 Å². The lowest BCUT2D eigenvalue weighted by Gasteiger charge is -2.47. The van der Waals surface area contributed by atoms with E-state index in [0.717, 1.165) is 25.7 Å². The lowest BCUT2D eigenvalue weighted by atomic mass is 9.86. The SMILES string of the molecule is OC[C@@H]1[C@H](O)[C@H](O)[C@@H](O)C(O)N1CC1CCCCC1. The van der Waals surface area contributed by atoms with Crippen LogP contribution in [0.15, 0.2) is 0 Å². The van der Waals surface area contributed by atoms with Gasteiger partial charge in [0.05, 0.1) is 12.6 Å². The van der Waals surface area contributed by atoms with Crippen LogP contribution in [0.5, 0.6) is 0 Å². The van der Waals surface area contributed by atoms with Gasteiger partial charge in [-0.3, -0.25) is 4.90 Å². The van der Waals surface area contributed by atoms with Crippen molar-refractivity contribution in [3.8, 4) is 0 Å². The minimum Gasteiger partial charge on any atom is -0.395 e. The fraction of sp³-hybridized carbons (Fsp3) is 1.00. The van der Waals surface area contributed by atoms with Crippen molar-refractivity contribution in [3.63, 3.8) is 0 Å². The van der Waals surface area contributed by atoms with Crippen molar-refractivity contribution in [2.75, 3.05) is 13.2 Å². The van der Waals surface area contributed by atoms with Crippen molar-refractivity contribution in [1.82, 2.24) is 4.90 Å². The summed E-state index contributed by atoms with van der Waals surface area (Å²) in [5.41, 5.74) is 0. The molecule has 1 heterocycles. The first kappa shape index (κ1) is 15.2. The second-order valence-corrected chi connectivity index (χ2v) is 5.84. The van der Waals surface area contributed by atoms with Crippen molar-refractivity contribution >= 4 is 0 Å². The molecule has 2 rings (SSSR count). The van der Waals surface area contributed by atoms with Gasteiger partial charge in [-0.05, 0) is 18.8 Å². The van der Waals surface area contributed by atoms with Gasteiger partial charge in [0.15, 0.2) is 0 Å². The van der Waals surface area contributed by atoms with E-state index in [9.17, 15) is 25.5 Å². The van der Waals surface area contributed by atoms with E-state index < -0.39 is 30.6 Å². The first-order valence-corrected chi connectivity index (χ1v) is 7.15. The molecule has 0 aromatic carbocycles. The first-order chi connectivity index (χ1) is 9.06. The van der Waals surface area contributed by atoms with Crippen LogP contribution in [0.1, 0.15) is 32.1 Å². The molecule has 19 heavy (non-hydrogen) atoms. The molecule has 1 saturated carbocycles. The van der Waals surface area contributed by atoms with Gasteiger partial charge < -0.3 is 25.5 Å². The zero-order chi connectivity index (χ0) is 14.0. The molecule has 112 valence electrons. The normalized spacial score (nSPS) is 42.5. The maximum absolute atomic E-state index is 10.1. The molecule has 6 nitrogen and oxygen atoms in total. The highest BCUT2D eigenvalue weighted by Crippen LogP contribution is 2.29. The number of nitrogens with zero attached hydrogens (tertiary/aromatic N) is 1. The summed E-state index contributed by atoms with van der Waals surface area (Å²) < 4.78 is 0. The van der Waals surface area contributed by atoms with Crippen molar-refractivity contribution in [2.45, 2.75) is 62.7 Å². The molecule has 0 bridgehead atoms. The Labute approximate surface area is 113 Å². The molecule has 0 radical (unpaired) electrons. The molecule has 5 atom stereocenters. The van der Waals surface area contributed by atoms with Gasteiger partial charge in [0.2, 0.25) is 0 Å². The van der Waals surface area contributed by atoms with Gasteiger partial charge in [0.1, 0.15) is 24.5 Å². The molecule has 0 aromatic rings. The van der Waals surface area contributed by atoms with Crippen LogP contribution in [0.3, 0.4) is 0 Å². The van der Waals surface area contributed by atoms with Gasteiger partial charge in [-0.25, -0.2) is 0 Å². The van der Waals surface area contributed by atoms with E-state index in [-0.39, 0.29) is 6.61 Å². The second kappa shape index (κ2) is 6.47. The molecule has 1 saturated heterocycles. The highest BCUT2D eigenvalue weighted by molar-refractivity contribution is 4.97. The molecule has 1 unspecified atom stereocenters. The smallest absolute Gasteiger partial charge is 0.136 e. The van der Waals surface area contributed by atoms with E-state index in [1.54, 1.807) is 0 Å². The van der Waals surface area contributed by atoms with Crippen LogP contribution in [-0.4, -0.2) is 74.2 Å². The topological polar surface area (TPSA) is 104 Å². The van der Waals surface area contributed by atoms with Gasteiger partial charge >= 0.3 is 0 Å². The maximum Gasteiger partial charge on any atom is 0.136 e. The number of aliphatic hydroxyl groups excluding tert-OH is 5. The maximum atomic E-state index is 10.1. The highest BCUT2D eigenvalue weighted by Gasteiger charge is 2.47. The Morgan fingerprint density at radius 3 is 2.05 bits per heavy atom. The van der Waals surface area contributed by atoms with Gasteiger partial charge in [0.25, 0.3) is 0 Å². The Hall–Kier alpha value is -0.240. The summed E-state index contributed by atoms with van der Waals surface area (Å²) in [6, 6.07) is -0.727. The molecular weight excluding hydrogens is 250 g/mol. The molecule has 5 N–H and O–H groups in total. The Bertz CT molecular complexity index is 284. The number of aliphatic hydroxyl groups is 5. The summed E-state index contributed by atoms with van der Waals surface area (Å²) in [5, 5.41) is 48.7. The molecule has 2 fully saturated rings. The monoisotopic (exact) mass is 275 g/mol. The Morgan fingerprint density at radius 1 is 0.842 bits per heavy atom. The van der Waals surface area contributed by atoms with E-state index in [0.29, 0.717) is 12.5 Å². The van der Waals surface area contributed by atoms with E-state index in [4.69, 9.17) is 0 Å². The van der Waals surface area contributed by atoms with Crippen molar-refractivity contribution < 1.29 is 25.5 Å². The van der Waals surface area contributed by atoms with Crippen LogP contribution in [0.25, 0.3) is 0 Å². The first-order valence-electron chi connectivity index (χ1n) is 7.15. The summed E-state index contributed by atoms with van der Waals surface area (Å²) >= 11 is 0. The summed E-state index contributed by atoms with van der Waals surface area (Å²) in [6.07, 6.45) is 0.373. The molecule has 6 heteroatoms. The quantitative estimate of drug-likeness (QED) is 0.436. The largest absolute Gasteiger partial charge is 0.395 e. The number of hydrogen-bond donors (Lipinski definition) is 5. The number of hydrogen-bond acceptors (Lipinski definition) is 6. The van der Waals surface area contributed by atoms with Crippen LogP contribution in [-0.2, 0) is 0 Å². The van der Waals surface area contributed by atoms with Crippen LogP contribution < -0.4 is 0 Å². The fourth-order valence-electron chi connectivity index (χ4n) is 3.32. The third kappa shape index (κ3) is 3.09. The van der Waals surface area contributed by atoms with Gasteiger partial charge in [-0.2, -0.15) is 0 Å². The van der Waals surface area contributed by atoms with E-state index in [1.165, 1.54) is 11.3 Å². The third-order valence-electron chi connectivity index (χ3n) is 4.55. The van der Waals surface area contributed by atoms with Crippen LogP contribution >= 0.6 is 0 Å². The predicted octanol–water partition coefficient (Wildman–Crippen LogP) is -1.36. The lowest BCUT2D eigenvalue weighted by Crippen LogP contribution is -2.67. The third-order valence-corrected chi connectivity index (χ3v) is 4.55. The molecule has 0 amide bonds. The molecule has 1 aliphatic heterocycles. The average molecular weight is 275 g/mol. The summed E-state index contributed by atoms with van der Waals surface area (Å²) in [7, 11) is 0. The number of likely N-dealkylation sites (tertiary alicyclic amines) is 1. The minimum atomic E-state index is -1.42. The average Bonchev–Trinajstić information content (AvgIpc) is 2.44. The van der Waals surface area contributed by atoms with Crippen LogP contribution in [0.2, 0.25) is 0 Å². The Morgan fingerprint density at radius 2 is 1.47 bits per heavy atom. The Balaban J connectivity index is 2.05. The molecular formula is C13H25NO5. The zero-order valence-electron chi connectivity index (χ0n) is 11.1. The summed E-state index contributed by atoms with van der Waals surface area (Å²) in [4.78, 5) is 1.54. The second-order valence-electron chi connectivity index (χ2n) is 5.84. The minimum absolute atomic E-state index is 0.352. The molecule has 1 aliphatic carbocycles. The predicted molar refractivity (Wildman–Crippen MR) is 68.2 cm³/mol. The number of piperidine rings is 1. The standard InChI is InChI=1S/C13H25NO5/c15-7-9-10(16)11(17)12(18)13(19)14(9)6-8-4-2-1-3-5-8/h8-13,15-19H,1-7H2/t9-,10+,11+,12-,13?/m1/s1. The fourth-order valence-corrected chi connectivity index (χ4v) is 3.32. The van der Waals surface area contributed by atoms with E-state index in [1.807, 2.05) is 0 Å². The summed E-state index contributed by atoms with van der Waals surface area (Å²) in [6.45, 7) is 0.183. The van der Waals surface area contributed by atoms with E-state index in [2.05, 4.69) is 0 Å². The van der Waals surface area contributed by atoms with Gasteiger partial charge in [0, 0.05) is 6.54 Å². The van der Waals surface area contributed by atoms with Crippen LogP contribution in [0.4, 0.5) is 0 Å². The number of rotatable bonds is 3. The molecule has 0 aromatic heterocycles. The zero-order valence-corrected chi connectivity index (χ0v) is 11.1. The van der Waals surface area contributed by atoms with Gasteiger partial charge in [-0.15, -0.1) is 0 Å². The molecule has 2 aliphatic rings. The Kier molecular flexibility index (Phi) is 5.16. The van der Waals surface area contributed by atoms with Crippen molar-refractivity contribution in [3.05, 3.63) is 0 Å². The van der Waals surface area contributed by atoms with Crippen molar-refractivity contribution in [2.24, 2.45) is 5.92 Å². The van der Waals surface area contributed by atoms with Crippen molar-refractivity contribution in [1.29, 1.82) is 0 Å². The lowest BCUT2D eigenvalue weighted by molar-refractivity contribution is -0.225. The van der Waals surface area contributed by atoms with Gasteiger partial charge in [-0.1, -0.05) is 19.3 Å². The summed E-state index contributed by atoms with van der Waals surface area (Å²) in [5.74, 6) is 0.409. The van der Waals surface area contributed by atoms with Crippen LogP contribution in [0, 0.1) is 5.92 Å². The molecule has 0 spiro atoms.